The molecule has 0 aromatic carbocycles. The SMILES string of the molecule is O=c1cc(-c2ccncc2F)nc(CCl)[nH]1. The van der Waals surface area contributed by atoms with E-state index in [1.165, 1.54) is 18.3 Å². The normalized spacial score (nSPS) is 10.4. The van der Waals surface area contributed by atoms with Gasteiger partial charge in [0.05, 0.1) is 17.8 Å². The van der Waals surface area contributed by atoms with E-state index in [0.717, 1.165) is 6.20 Å². The van der Waals surface area contributed by atoms with E-state index in [1.54, 1.807) is 0 Å². The van der Waals surface area contributed by atoms with E-state index < -0.39 is 5.82 Å². The number of hydrogen-bond acceptors (Lipinski definition) is 3. The van der Waals surface area contributed by atoms with Crippen LogP contribution < -0.4 is 5.56 Å². The lowest BCUT2D eigenvalue weighted by Crippen LogP contribution is -2.10. The van der Waals surface area contributed by atoms with Gasteiger partial charge in [-0.25, -0.2) is 9.37 Å². The zero-order valence-corrected chi connectivity index (χ0v) is 8.83. The van der Waals surface area contributed by atoms with Gasteiger partial charge in [0.25, 0.3) is 5.56 Å². The molecule has 2 aromatic rings. The van der Waals surface area contributed by atoms with E-state index in [2.05, 4.69) is 15.0 Å². The van der Waals surface area contributed by atoms with Crippen LogP contribution >= 0.6 is 11.6 Å². The first-order valence-electron chi connectivity index (χ1n) is 4.47. The Labute approximate surface area is 95.1 Å². The van der Waals surface area contributed by atoms with Crippen LogP contribution in [-0.2, 0) is 5.88 Å². The number of hydrogen-bond donors (Lipinski definition) is 1. The molecule has 0 unspecified atom stereocenters. The average molecular weight is 240 g/mol. The van der Waals surface area contributed by atoms with Crippen LogP contribution in [0.15, 0.2) is 29.3 Å². The Morgan fingerprint density at radius 1 is 1.50 bits per heavy atom. The maximum Gasteiger partial charge on any atom is 0.251 e. The Hall–Kier alpha value is -1.75. The molecule has 0 bridgehead atoms. The molecule has 0 atom stereocenters. The molecule has 0 amide bonds. The van der Waals surface area contributed by atoms with Gasteiger partial charge >= 0.3 is 0 Å². The molecule has 2 rings (SSSR count). The lowest BCUT2D eigenvalue weighted by molar-refractivity contribution is 0.624. The molecule has 0 saturated carbocycles. The van der Waals surface area contributed by atoms with Crippen LogP contribution in [0, 0.1) is 5.82 Å². The second kappa shape index (κ2) is 4.40. The van der Waals surface area contributed by atoms with Gasteiger partial charge in [-0.1, -0.05) is 0 Å². The third kappa shape index (κ3) is 2.09. The highest BCUT2D eigenvalue weighted by atomic mass is 35.5. The van der Waals surface area contributed by atoms with Crippen LogP contribution in [0.25, 0.3) is 11.3 Å². The lowest BCUT2D eigenvalue weighted by atomic mass is 10.2. The summed E-state index contributed by atoms with van der Waals surface area (Å²) in [4.78, 5) is 21.4. The summed E-state index contributed by atoms with van der Waals surface area (Å²) in [5.41, 5.74) is 0.114. The van der Waals surface area contributed by atoms with Gasteiger partial charge in [-0.2, -0.15) is 0 Å². The minimum absolute atomic E-state index is 0.0653. The maximum absolute atomic E-state index is 13.4. The summed E-state index contributed by atoms with van der Waals surface area (Å²) in [6.45, 7) is 0. The van der Waals surface area contributed by atoms with Crippen molar-refractivity contribution in [3.05, 3.63) is 46.5 Å². The van der Waals surface area contributed by atoms with Crippen molar-refractivity contribution in [3.63, 3.8) is 0 Å². The van der Waals surface area contributed by atoms with Gasteiger partial charge in [-0.3, -0.25) is 9.78 Å². The molecule has 0 aliphatic rings. The van der Waals surface area contributed by atoms with Crippen LogP contribution in [0.5, 0.6) is 0 Å². The molecule has 0 radical (unpaired) electrons. The number of nitrogens with one attached hydrogen (secondary N) is 1. The van der Waals surface area contributed by atoms with Crippen molar-refractivity contribution < 1.29 is 4.39 Å². The molecular weight excluding hydrogens is 233 g/mol. The number of aromatic nitrogens is 3. The minimum Gasteiger partial charge on any atom is -0.310 e. The van der Waals surface area contributed by atoms with E-state index in [-0.39, 0.29) is 22.7 Å². The van der Waals surface area contributed by atoms with E-state index in [0.29, 0.717) is 5.82 Å². The first kappa shape index (κ1) is 10.8. The van der Waals surface area contributed by atoms with E-state index in [9.17, 15) is 9.18 Å². The smallest absolute Gasteiger partial charge is 0.251 e. The number of pyridine rings is 1. The largest absolute Gasteiger partial charge is 0.310 e. The topological polar surface area (TPSA) is 58.6 Å². The second-order valence-corrected chi connectivity index (χ2v) is 3.33. The van der Waals surface area contributed by atoms with E-state index >= 15 is 0 Å². The molecule has 2 heterocycles. The summed E-state index contributed by atoms with van der Waals surface area (Å²) in [6.07, 6.45) is 2.50. The maximum atomic E-state index is 13.4. The Morgan fingerprint density at radius 2 is 2.31 bits per heavy atom. The van der Waals surface area contributed by atoms with Crippen molar-refractivity contribution >= 4 is 11.6 Å². The van der Waals surface area contributed by atoms with Gasteiger partial charge in [0.15, 0.2) is 5.82 Å². The van der Waals surface area contributed by atoms with Gasteiger partial charge in [-0.05, 0) is 6.07 Å². The van der Waals surface area contributed by atoms with Gasteiger partial charge in [0, 0.05) is 17.8 Å². The lowest BCUT2D eigenvalue weighted by Gasteiger charge is -2.02. The third-order valence-corrected chi connectivity index (χ3v) is 2.22. The number of halogens is 2. The number of alkyl halides is 1. The predicted molar refractivity (Wildman–Crippen MR) is 57.6 cm³/mol. The molecule has 0 aliphatic carbocycles. The number of nitrogens with zero attached hydrogens (tertiary/aromatic N) is 2. The highest BCUT2D eigenvalue weighted by Crippen LogP contribution is 2.18. The quantitative estimate of drug-likeness (QED) is 0.812. The fourth-order valence-electron chi connectivity index (χ4n) is 1.29. The van der Waals surface area contributed by atoms with Gasteiger partial charge in [0.1, 0.15) is 5.82 Å². The van der Waals surface area contributed by atoms with Crippen molar-refractivity contribution in [3.8, 4) is 11.3 Å². The zero-order valence-electron chi connectivity index (χ0n) is 8.08. The van der Waals surface area contributed by atoms with Gasteiger partial charge in [0.2, 0.25) is 0 Å². The monoisotopic (exact) mass is 239 g/mol. The Bertz CT molecular complexity index is 570. The molecule has 6 heteroatoms. The molecule has 4 nitrogen and oxygen atoms in total. The second-order valence-electron chi connectivity index (χ2n) is 3.07. The molecule has 1 N–H and O–H groups in total. The van der Waals surface area contributed by atoms with Crippen molar-refractivity contribution in [2.75, 3.05) is 0 Å². The number of rotatable bonds is 2. The Balaban J connectivity index is 2.60. The summed E-state index contributed by atoms with van der Waals surface area (Å²) < 4.78 is 13.4. The molecule has 0 saturated heterocycles. The summed E-state index contributed by atoms with van der Waals surface area (Å²) in [6, 6.07) is 2.67. The first-order valence-corrected chi connectivity index (χ1v) is 5.00. The highest BCUT2D eigenvalue weighted by molar-refractivity contribution is 6.16. The summed E-state index contributed by atoms with van der Waals surface area (Å²) >= 11 is 5.56. The minimum atomic E-state index is -0.527. The molecular formula is C10H7ClFN3O. The van der Waals surface area contributed by atoms with Crippen LogP contribution in [0.3, 0.4) is 0 Å². The fourth-order valence-corrected chi connectivity index (χ4v) is 1.42. The van der Waals surface area contributed by atoms with Gasteiger partial charge in [-0.15, -0.1) is 11.6 Å². The summed E-state index contributed by atoms with van der Waals surface area (Å²) in [5.74, 6) is -0.156. The molecule has 2 aromatic heterocycles. The Morgan fingerprint density at radius 3 is 3.00 bits per heavy atom. The Kier molecular flexibility index (Phi) is 2.96. The molecule has 0 aliphatic heterocycles. The van der Waals surface area contributed by atoms with Crippen molar-refractivity contribution in [2.45, 2.75) is 5.88 Å². The summed E-state index contributed by atoms with van der Waals surface area (Å²) in [7, 11) is 0. The van der Waals surface area contributed by atoms with Gasteiger partial charge < -0.3 is 4.98 Å². The van der Waals surface area contributed by atoms with E-state index in [4.69, 9.17) is 11.6 Å². The zero-order chi connectivity index (χ0) is 11.5. The number of H-pyrrole nitrogens is 1. The van der Waals surface area contributed by atoms with Crippen molar-refractivity contribution in [1.29, 1.82) is 0 Å². The molecule has 16 heavy (non-hydrogen) atoms. The van der Waals surface area contributed by atoms with Crippen LogP contribution in [0.1, 0.15) is 5.82 Å². The third-order valence-electron chi connectivity index (χ3n) is 1.97. The predicted octanol–water partition coefficient (Wildman–Crippen LogP) is 1.71. The molecule has 0 fully saturated rings. The standard InChI is InChI=1S/C10H7ClFN3O/c11-4-9-14-8(3-10(16)15-9)6-1-2-13-5-7(6)12/h1-3,5H,4H2,(H,14,15,16). The van der Waals surface area contributed by atoms with Crippen molar-refractivity contribution in [2.24, 2.45) is 0 Å². The fraction of sp³-hybridized carbons (Fsp3) is 0.100. The van der Waals surface area contributed by atoms with Crippen LogP contribution in [0.4, 0.5) is 4.39 Å². The average Bonchev–Trinajstić information content (AvgIpc) is 2.28. The highest BCUT2D eigenvalue weighted by Gasteiger charge is 2.08. The van der Waals surface area contributed by atoms with E-state index in [1.807, 2.05) is 0 Å². The number of aromatic amines is 1. The molecule has 0 spiro atoms. The van der Waals surface area contributed by atoms with Crippen molar-refractivity contribution in [1.82, 2.24) is 15.0 Å². The summed E-state index contributed by atoms with van der Waals surface area (Å²) in [5, 5.41) is 0. The van der Waals surface area contributed by atoms with Crippen LogP contribution in [0.2, 0.25) is 0 Å². The first-order chi connectivity index (χ1) is 7.70. The molecule has 82 valence electrons. The van der Waals surface area contributed by atoms with Crippen LogP contribution in [-0.4, -0.2) is 15.0 Å².